The van der Waals surface area contributed by atoms with Gasteiger partial charge in [-0.3, -0.25) is 19.2 Å². The fraction of sp³-hybridized carbons (Fsp3) is 0.829. The van der Waals surface area contributed by atoms with Crippen molar-refractivity contribution in [2.45, 2.75) is 134 Å². The van der Waals surface area contributed by atoms with Crippen LogP contribution in [0.3, 0.4) is 0 Å². The number of rotatable bonds is 37. The highest BCUT2D eigenvalue weighted by Gasteiger charge is 2.19. The summed E-state index contributed by atoms with van der Waals surface area (Å²) < 4.78 is 16.5. The number of carboxylic acid groups (broad SMARTS) is 2. The highest BCUT2D eigenvalue weighted by atomic mass is 16.5. The van der Waals surface area contributed by atoms with Gasteiger partial charge in [-0.1, -0.05) is 64.2 Å². The van der Waals surface area contributed by atoms with Gasteiger partial charge in [-0.25, -0.2) is 4.79 Å². The van der Waals surface area contributed by atoms with Crippen LogP contribution < -0.4 is 16.0 Å². The summed E-state index contributed by atoms with van der Waals surface area (Å²) >= 11 is 0. The van der Waals surface area contributed by atoms with Gasteiger partial charge in [0.05, 0.1) is 26.4 Å². The Hall–Kier alpha value is -3.10. The van der Waals surface area contributed by atoms with Crippen LogP contribution in [-0.2, 0) is 43.0 Å². The Bertz CT molecular complexity index is 889. The number of unbranched alkanes of at least 4 members (excludes halogenated alkanes) is 11. The Kier molecular flexibility index (Phi) is 32.6. The molecule has 5 N–H and O–H groups in total. The zero-order valence-corrected chi connectivity index (χ0v) is 29.5. The van der Waals surface area contributed by atoms with E-state index in [1.807, 2.05) is 0 Å². The summed E-state index contributed by atoms with van der Waals surface area (Å²) in [5.74, 6) is -2.71. The van der Waals surface area contributed by atoms with Gasteiger partial charge in [0.1, 0.15) is 12.3 Å². The standard InChI is InChI=1S/C35H63N3O11/c39-23-13-16-30(35(45)46)38-33(42)20-19-32(41)37-22-15-25-48-27-29-49-28-26-47-24-14-21-36-31(40)17-11-9-7-5-3-1-2-4-6-8-10-12-18-34(43)44/h23,30H,1-22,24-29H2,(H,36,40)(H,37,41)(H,38,42)(H,43,44)(H,45,46). The first-order chi connectivity index (χ1) is 23.8. The van der Waals surface area contributed by atoms with E-state index in [0.717, 1.165) is 38.5 Å². The molecular formula is C35H63N3O11. The molecule has 3 amide bonds. The van der Waals surface area contributed by atoms with Crippen LogP contribution in [0.1, 0.15) is 128 Å². The number of hydrogen-bond donors (Lipinski definition) is 5. The summed E-state index contributed by atoms with van der Waals surface area (Å²) in [6.07, 6.45) is 16.1. The molecule has 0 aromatic heterocycles. The number of carbonyl (C=O) groups excluding carboxylic acids is 4. The zero-order valence-electron chi connectivity index (χ0n) is 29.5. The van der Waals surface area contributed by atoms with Crippen LogP contribution in [0.15, 0.2) is 0 Å². The largest absolute Gasteiger partial charge is 0.481 e. The molecule has 0 spiro atoms. The molecule has 1 atom stereocenters. The maximum absolute atomic E-state index is 12.0. The quantitative estimate of drug-likeness (QED) is 0.0463. The SMILES string of the molecule is O=CCCC(NC(=O)CCC(=O)NCCCOCCOCCOCCCNC(=O)CCCCCCCCCCCCCCC(=O)O)C(=O)O. The second-order valence-corrected chi connectivity index (χ2v) is 12.1. The van der Waals surface area contributed by atoms with Crippen LogP contribution >= 0.6 is 0 Å². The van der Waals surface area contributed by atoms with E-state index < -0.39 is 23.9 Å². The predicted octanol–water partition coefficient (Wildman–Crippen LogP) is 3.92. The minimum absolute atomic E-state index is 0.00478. The lowest BCUT2D eigenvalue weighted by Crippen LogP contribution is -2.41. The summed E-state index contributed by atoms with van der Waals surface area (Å²) in [5, 5.41) is 25.6. The van der Waals surface area contributed by atoms with Crippen LogP contribution in [0.4, 0.5) is 0 Å². The van der Waals surface area contributed by atoms with Gasteiger partial charge in [0.2, 0.25) is 17.7 Å². The number of ether oxygens (including phenoxy) is 3. The zero-order chi connectivity index (χ0) is 36.2. The van der Waals surface area contributed by atoms with E-state index in [1.165, 1.54) is 44.9 Å². The van der Waals surface area contributed by atoms with Crippen molar-refractivity contribution in [1.29, 1.82) is 0 Å². The molecule has 0 aromatic rings. The van der Waals surface area contributed by atoms with Crippen molar-refractivity contribution < 1.29 is 53.2 Å². The van der Waals surface area contributed by atoms with Crippen LogP contribution in [0.2, 0.25) is 0 Å². The molecule has 0 bridgehead atoms. The molecule has 0 aliphatic heterocycles. The minimum Gasteiger partial charge on any atom is -0.481 e. The van der Waals surface area contributed by atoms with Crippen molar-refractivity contribution in [1.82, 2.24) is 16.0 Å². The van der Waals surface area contributed by atoms with Gasteiger partial charge in [-0.05, 0) is 32.1 Å². The van der Waals surface area contributed by atoms with Gasteiger partial charge in [0.15, 0.2) is 0 Å². The third-order valence-corrected chi connectivity index (χ3v) is 7.65. The lowest BCUT2D eigenvalue weighted by molar-refractivity contribution is -0.142. The van der Waals surface area contributed by atoms with Gasteiger partial charge in [-0.2, -0.15) is 0 Å². The number of aliphatic carboxylic acids is 2. The summed E-state index contributed by atoms with van der Waals surface area (Å²) in [5.41, 5.74) is 0. The Morgan fingerprint density at radius 2 is 0.918 bits per heavy atom. The van der Waals surface area contributed by atoms with Gasteiger partial charge in [-0.15, -0.1) is 0 Å². The molecule has 1 unspecified atom stereocenters. The first-order valence-corrected chi connectivity index (χ1v) is 18.2. The normalized spacial score (nSPS) is 11.5. The van der Waals surface area contributed by atoms with Crippen LogP contribution in [0.25, 0.3) is 0 Å². The van der Waals surface area contributed by atoms with Crippen LogP contribution in [0, 0.1) is 0 Å². The van der Waals surface area contributed by atoms with E-state index in [2.05, 4.69) is 16.0 Å². The van der Waals surface area contributed by atoms with Crippen molar-refractivity contribution in [3.05, 3.63) is 0 Å². The van der Waals surface area contributed by atoms with Crippen molar-refractivity contribution in [3.63, 3.8) is 0 Å². The number of carboxylic acids is 2. The molecule has 14 heteroatoms. The molecule has 0 fully saturated rings. The van der Waals surface area contributed by atoms with Gasteiger partial charge in [0.25, 0.3) is 0 Å². The predicted molar refractivity (Wildman–Crippen MR) is 184 cm³/mol. The number of hydrogen-bond acceptors (Lipinski definition) is 9. The molecule has 0 heterocycles. The Morgan fingerprint density at radius 1 is 0.510 bits per heavy atom. The first-order valence-electron chi connectivity index (χ1n) is 18.2. The maximum Gasteiger partial charge on any atom is 0.326 e. The Morgan fingerprint density at radius 3 is 1.37 bits per heavy atom. The molecule has 0 rings (SSSR count). The van der Waals surface area contributed by atoms with E-state index >= 15 is 0 Å². The molecule has 0 aliphatic rings. The van der Waals surface area contributed by atoms with E-state index in [4.69, 9.17) is 24.4 Å². The fourth-order valence-corrected chi connectivity index (χ4v) is 4.84. The first kappa shape index (κ1) is 45.9. The maximum atomic E-state index is 12.0. The molecule has 0 aromatic carbocycles. The molecule has 14 nitrogen and oxygen atoms in total. The monoisotopic (exact) mass is 701 g/mol. The number of amides is 3. The van der Waals surface area contributed by atoms with E-state index in [1.54, 1.807) is 0 Å². The topological polar surface area (TPSA) is 207 Å². The van der Waals surface area contributed by atoms with E-state index in [9.17, 15) is 28.8 Å². The number of aldehydes is 1. The molecular weight excluding hydrogens is 638 g/mol. The second-order valence-electron chi connectivity index (χ2n) is 12.1. The summed E-state index contributed by atoms with van der Waals surface area (Å²) in [7, 11) is 0. The highest BCUT2D eigenvalue weighted by Crippen LogP contribution is 2.13. The van der Waals surface area contributed by atoms with Crippen LogP contribution in [0.5, 0.6) is 0 Å². The Balaban J connectivity index is 3.37. The van der Waals surface area contributed by atoms with E-state index in [-0.39, 0.29) is 43.9 Å². The third kappa shape index (κ3) is 34.6. The highest BCUT2D eigenvalue weighted by molar-refractivity contribution is 5.87. The lowest BCUT2D eigenvalue weighted by atomic mass is 10.0. The van der Waals surface area contributed by atoms with Gasteiger partial charge in [0, 0.05) is 58.4 Å². The third-order valence-electron chi connectivity index (χ3n) is 7.65. The van der Waals surface area contributed by atoms with Crippen molar-refractivity contribution in [3.8, 4) is 0 Å². The van der Waals surface area contributed by atoms with E-state index in [0.29, 0.717) is 71.9 Å². The summed E-state index contributed by atoms with van der Waals surface area (Å²) in [4.78, 5) is 67.7. The molecule has 284 valence electrons. The summed E-state index contributed by atoms with van der Waals surface area (Å²) in [6, 6.07) is -1.15. The van der Waals surface area contributed by atoms with Gasteiger partial charge < -0.3 is 45.2 Å². The fourth-order valence-electron chi connectivity index (χ4n) is 4.84. The molecule has 0 radical (unpaired) electrons. The molecule has 0 saturated carbocycles. The summed E-state index contributed by atoms with van der Waals surface area (Å²) in [6.45, 7) is 3.70. The Labute approximate surface area is 292 Å². The molecule has 0 aliphatic carbocycles. The smallest absolute Gasteiger partial charge is 0.326 e. The van der Waals surface area contributed by atoms with Crippen molar-refractivity contribution in [2.24, 2.45) is 0 Å². The number of nitrogens with one attached hydrogen (secondary N) is 3. The van der Waals surface area contributed by atoms with Crippen LogP contribution in [-0.4, -0.2) is 105 Å². The van der Waals surface area contributed by atoms with Crippen molar-refractivity contribution >= 4 is 35.9 Å². The second kappa shape index (κ2) is 34.8. The lowest BCUT2D eigenvalue weighted by Gasteiger charge is -2.13. The molecule has 0 saturated heterocycles. The van der Waals surface area contributed by atoms with Gasteiger partial charge >= 0.3 is 11.9 Å². The van der Waals surface area contributed by atoms with Crippen molar-refractivity contribution in [2.75, 3.05) is 52.7 Å². The minimum atomic E-state index is -1.22. The molecule has 49 heavy (non-hydrogen) atoms. The average Bonchev–Trinajstić information content (AvgIpc) is 3.07. The number of carbonyl (C=O) groups is 6. The average molecular weight is 702 g/mol.